The average molecular weight is 252 g/mol. The van der Waals surface area contributed by atoms with E-state index in [-0.39, 0.29) is 17.3 Å². The molecular formula is C15H21FO2. The highest BCUT2D eigenvalue weighted by Gasteiger charge is 2.49. The maximum atomic E-state index is 13.2. The van der Waals surface area contributed by atoms with Gasteiger partial charge < -0.3 is 9.84 Å². The molecule has 0 amide bonds. The normalized spacial score (nSPS) is 27.1. The Kier molecular flexibility index (Phi) is 3.24. The predicted octanol–water partition coefficient (Wildman–Crippen LogP) is 3.45. The first-order valence-electron chi connectivity index (χ1n) is 6.35. The highest BCUT2D eigenvalue weighted by molar-refractivity contribution is 5.21. The number of hydrogen-bond acceptors (Lipinski definition) is 2. The number of ether oxygens (including phenoxy) is 1. The highest BCUT2D eigenvalue weighted by Crippen LogP contribution is 2.47. The molecule has 1 aliphatic rings. The lowest BCUT2D eigenvalue weighted by Crippen LogP contribution is -2.32. The molecule has 0 aliphatic carbocycles. The van der Waals surface area contributed by atoms with E-state index >= 15 is 0 Å². The Morgan fingerprint density at radius 2 is 2.00 bits per heavy atom. The first-order valence-corrected chi connectivity index (χ1v) is 6.35. The van der Waals surface area contributed by atoms with Gasteiger partial charge in [0.05, 0.1) is 17.3 Å². The minimum Gasteiger partial charge on any atom is -0.388 e. The molecule has 1 heterocycles. The second kappa shape index (κ2) is 4.32. The van der Waals surface area contributed by atoms with Gasteiger partial charge in [0.15, 0.2) is 0 Å². The van der Waals surface area contributed by atoms with Crippen molar-refractivity contribution in [3.8, 4) is 0 Å². The van der Waals surface area contributed by atoms with Crippen LogP contribution in [-0.2, 0) is 4.74 Å². The van der Waals surface area contributed by atoms with Gasteiger partial charge in [0.25, 0.3) is 0 Å². The fourth-order valence-electron chi connectivity index (χ4n) is 3.02. The Morgan fingerprint density at radius 1 is 1.33 bits per heavy atom. The van der Waals surface area contributed by atoms with Crippen LogP contribution in [0, 0.1) is 11.7 Å². The molecule has 3 heteroatoms. The third-order valence-electron chi connectivity index (χ3n) is 3.72. The largest absolute Gasteiger partial charge is 0.388 e. The van der Waals surface area contributed by atoms with Crippen molar-refractivity contribution in [2.75, 3.05) is 0 Å². The topological polar surface area (TPSA) is 29.5 Å². The minimum atomic E-state index is -0.697. The van der Waals surface area contributed by atoms with Gasteiger partial charge in [-0.2, -0.15) is 0 Å². The fourth-order valence-corrected chi connectivity index (χ4v) is 3.02. The van der Waals surface area contributed by atoms with Crippen molar-refractivity contribution >= 4 is 0 Å². The van der Waals surface area contributed by atoms with E-state index in [1.165, 1.54) is 12.1 Å². The van der Waals surface area contributed by atoms with Crippen molar-refractivity contribution in [3.05, 3.63) is 35.6 Å². The Bertz CT molecular complexity index is 440. The molecule has 2 nitrogen and oxygen atoms in total. The summed E-state index contributed by atoms with van der Waals surface area (Å²) in [6.07, 6.45) is 0.0648. The number of aliphatic hydroxyl groups is 1. The van der Waals surface area contributed by atoms with Crippen LogP contribution in [0.2, 0.25) is 0 Å². The van der Waals surface area contributed by atoms with Crippen LogP contribution in [-0.4, -0.2) is 16.3 Å². The Hall–Kier alpha value is -0.930. The molecule has 0 bridgehead atoms. The van der Waals surface area contributed by atoms with E-state index in [0.717, 1.165) is 6.42 Å². The maximum absolute atomic E-state index is 13.2. The molecule has 1 N–H and O–H groups in total. The van der Waals surface area contributed by atoms with Crippen LogP contribution in [0.15, 0.2) is 24.3 Å². The number of benzene rings is 1. The molecule has 0 spiro atoms. The quantitative estimate of drug-likeness (QED) is 0.873. The van der Waals surface area contributed by atoms with E-state index in [9.17, 15) is 9.50 Å². The van der Waals surface area contributed by atoms with Crippen LogP contribution in [0.3, 0.4) is 0 Å². The molecule has 2 rings (SSSR count). The molecule has 1 fully saturated rings. The standard InChI is InChI=1S/C15H21FO2/c1-14(2)9-12(15(3,4)18-14)13(17)10-6-5-7-11(16)8-10/h5-8,12-13,17H,9H2,1-4H3. The summed E-state index contributed by atoms with van der Waals surface area (Å²) < 4.78 is 19.2. The Labute approximate surface area is 108 Å². The summed E-state index contributed by atoms with van der Waals surface area (Å²) in [5, 5.41) is 10.5. The van der Waals surface area contributed by atoms with Crippen molar-refractivity contribution in [2.24, 2.45) is 5.92 Å². The first-order chi connectivity index (χ1) is 8.21. The monoisotopic (exact) mass is 252 g/mol. The number of rotatable bonds is 2. The van der Waals surface area contributed by atoms with Crippen LogP contribution in [0.25, 0.3) is 0 Å². The molecule has 1 saturated heterocycles. The van der Waals surface area contributed by atoms with Gasteiger partial charge in [-0.1, -0.05) is 12.1 Å². The first kappa shape index (κ1) is 13.5. The lowest BCUT2D eigenvalue weighted by Gasteiger charge is -2.30. The average Bonchev–Trinajstić information content (AvgIpc) is 2.45. The molecule has 18 heavy (non-hydrogen) atoms. The van der Waals surface area contributed by atoms with Gasteiger partial charge in [-0.15, -0.1) is 0 Å². The van der Waals surface area contributed by atoms with Crippen LogP contribution in [0.5, 0.6) is 0 Å². The summed E-state index contributed by atoms with van der Waals surface area (Å²) in [6.45, 7) is 8.00. The minimum absolute atomic E-state index is 0.0331. The van der Waals surface area contributed by atoms with Gasteiger partial charge in [-0.05, 0) is 51.8 Å². The summed E-state index contributed by atoms with van der Waals surface area (Å²) in [7, 11) is 0. The molecule has 1 aromatic rings. The zero-order chi connectivity index (χ0) is 13.6. The van der Waals surface area contributed by atoms with Gasteiger partial charge >= 0.3 is 0 Å². The summed E-state index contributed by atoms with van der Waals surface area (Å²) in [4.78, 5) is 0. The Balaban J connectivity index is 2.26. The van der Waals surface area contributed by atoms with Crippen molar-refractivity contribution < 1.29 is 14.2 Å². The van der Waals surface area contributed by atoms with E-state index in [4.69, 9.17) is 4.74 Å². The van der Waals surface area contributed by atoms with Gasteiger partial charge in [0, 0.05) is 5.92 Å². The lowest BCUT2D eigenvalue weighted by atomic mass is 9.80. The van der Waals surface area contributed by atoms with Crippen molar-refractivity contribution in [1.82, 2.24) is 0 Å². The number of hydrogen-bond donors (Lipinski definition) is 1. The van der Waals surface area contributed by atoms with Crippen LogP contribution in [0.4, 0.5) is 4.39 Å². The molecular weight excluding hydrogens is 231 g/mol. The smallest absolute Gasteiger partial charge is 0.123 e. The Morgan fingerprint density at radius 3 is 2.50 bits per heavy atom. The maximum Gasteiger partial charge on any atom is 0.123 e. The molecule has 1 aromatic carbocycles. The van der Waals surface area contributed by atoms with Crippen molar-refractivity contribution in [3.63, 3.8) is 0 Å². The number of aliphatic hydroxyl groups excluding tert-OH is 1. The molecule has 0 saturated carbocycles. The number of halogens is 1. The summed E-state index contributed by atoms with van der Waals surface area (Å²) in [5.41, 5.74) is -0.0353. The van der Waals surface area contributed by atoms with E-state index in [0.29, 0.717) is 5.56 Å². The van der Waals surface area contributed by atoms with E-state index in [1.807, 2.05) is 27.7 Å². The van der Waals surface area contributed by atoms with Crippen LogP contribution >= 0.6 is 0 Å². The summed E-state index contributed by atoms with van der Waals surface area (Å²) in [5.74, 6) is -0.350. The van der Waals surface area contributed by atoms with E-state index in [2.05, 4.69) is 0 Å². The third-order valence-corrected chi connectivity index (χ3v) is 3.72. The molecule has 0 radical (unpaired) electrons. The van der Waals surface area contributed by atoms with Crippen LogP contribution in [0.1, 0.15) is 45.8 Å². The van der Waals surface area contributed by atoms with E-state index < -0.39 is 11.7 Å². The lowest BCUT2D eigenvalue weighted by molar-refractivity contribution is -0.0880. The highest BCUT2D eigenvalue weighted by atomic mass is 19.1. The zero-order valence-corrected chi connectivity index (χ0v) is 11.4. The summed E-state index contributed by atoms with van der Waals surface area (Å²) in [6, 6.07) is 6.17. The van der Waals surface area contributed by atoms with Crippen molar-refractivity contribution in [2.45, 2.75) is 51.4 Å². The molecule has 2 atom stereocenters. The molecule has 2 unspecified atom stereocenters. The van der Waals surface area contributed by atoms with Gasteiger partial charge in [0.2, 0.25) is 0 Å². The molecule has 1 aliphatic heterocycles. The second-order valence-electron chi connectivity index (χ2n) is 6.28. The SMILES string of the molecule is CC1(C)CC(C(O)c2cccc(F)c2)C(C)(C)O1. The van der Waals surface area contributed by atoms with E-state index in [1.54, 1.807) is 12.1 Å². The fraction of sp³-hybridized carbons (Fsp3) is 0.600. The van der Waals surface area contributed by atoms with Gasteiger partial charge in [-0.25, -0.2) is 4.39 Å². The predicted molar refractivity (Wildman–Crippen MR) is 68.7 cm³/mol. The third kappa shape index (κ3) is 2.57. The zero-order valence-electron chi connectivity index (χ0n) is 11.4. The summed E-state index contributed by atoms with van der Waals surface area (Å²) >= 11 is 0. The van der Waals surface area contributed by atoms with Gasteiger partial charge in [0.1, 0.15) is 5.82 Å². The van der Waals surface area contributed by atoms with Crippen molar-refractivity contribution in [1.29, 1.82) is 0 Å². The van der Waals surface area contributed by atoms with Gasteiger partial charge in [-0.3, -0.25) is 0 Å². The molecule has 0 aromatic heterocycles. The second-order valence-corrected chi connectivity index (χ2v) is 6.28. The van der Waals surface area contributed by atoms with Crippen LogP contribution < -0.4 is 0 Å². The molecule has 100 valence electrons.